The second-order valence-corrected chi connectivity index (χ2v) is 16.9. The van der Waals surface area contributed by atoms with Gasteiger partial charge in [0.05, 0.1) is 0 Å². The van der Waals surface area contributed by atoms with Gasteiger partial charge in [-0.25, -0.2) is 9.59 Å². The first-order valence-electron chi connectivity index (χ1n) is 14.3. The number of hydrogen-bond donors (Lipinski definition) is 1. The molecule has 1 N–H and O–H groups in total. The van der Waals surface area contributed by atoms with Crippen LogP contribution >= 0.6 is 0 Å². The number of hydrogen-bond acceptors (Lipinski definition) is 5. The molecule has 0 saturated heterocycles. The van der Waals surface area contributed by atoms with E-state index in [-0.39, 0.29) is 17.6 Å². The Morgan fingerprint density at radius 1 is 0.780 bits per heavy atom. The quantitative estimate of drug-likeness (QED) is 0.217. The third kappa shape index (κ3) is 9.03. The third-order valence-corrected chi connectivity index (χ3v) is 11.8. The van der Waals surface area contributed by atoms with Gasteiger partial charge in [0.1, 0.15) is 18.2 Å². The Hall–Kier alpha value is -3.42. The van der Waals surface area contributed by atoms with Crippen LogP contribution in [-0.2, 0) is 25.3 Å². The number of benzene rings is 3. The van der Waals surface area contributed by atoms with Crippen molar-refractivity contribution >= 4 is 30.8 Å². The summed E-state index contributed by atoms with van der Waals surface area (Å²) in [6, 6.07) is 29.5. The van der Waals surface area contributed by atoms with Gasteiger partial charge in [0.2, 0.25) is 0 Å². The fourth-order valence-electron chi connectivity index (χ4n) is 4.99. The van der Waals surface area contributed by atoms with Gasteiger partial charge >= 0.3 is 12.1 Å². The summed E-state index contributed by atoms with van der Waals surface area (Å²) in [6.07, 6.45) is -0.315. The van der Waals surface area contributed by atoms with E-state index >= 15 is 0 Å². The molecular formula is C34H45NO5Si. The minimum absolute atomic E-state index is 0.0686. The summed E-state index contributed by atoms with van der Waals surface area (Å²) in [6.45, 7) is 14.6. The molecule has 3 rings (SSSR count). The van der Waals surface area contributed by atoms with Crippen LogP contribution in [0, 0.1) is 5.92 Å². The second-order valence-electron chi connectivity index (χ2n) is 12.6. The Balaban J connectivity index is 1.82. The first-order chi connectivity index (χ1) is 19.3. The lowest BCUT2D eigenvalue weighted by Crippen LogP contribution is -2.66. The number of alkyl carbamates (subject to hydrolysis) is 1. The van der Waals surface area contributed by atoms with Crippen LogP contribution in [-0.4, -0.2) is 38.6 Å². The third-order valence-electron chi connectivity index (χ3n) is 6.84. The first kappa shape index (κ1) is 32.1. The van der Waals surface area contributed by atoms with E-state index in [1.54, 1.807) is 20.8 Å². The molecule has 0 aromatic heterocycles. The van der Waals surface area contributed by atoms with Crippen molar-refractivity contribution in [3.63, 3.8) is 0 Å². The highest BCUT2D eigenvalue weighted by atomic mass is 28.4. The lowest BCUT2D eigenvalue weighted by atomic mass is 10.0. The molecule has 7 heteroatoms. The molecule has 0 spiro atoms. The maximum Gasteiger partial charge on any atom is 0.408 e. The van der Waals surface area contributed by atoms with Crippen molar-refractivity contribution in [3.05, 3.63) is 96.6 Å². The van der Waals surface area contributed by atoms with Gasteiger partial charge in [0.25, 0.3) is 8.32 Å². The molecule has 41 heavy (non-hydrogen) atoms. The van der Waals surface area contributed by atoms with Crippen molar-refractivity contribution in [2.45, 2.75) is 78.2 Å². The number of esters is 1. The summed E-state index contributed by atoms with van der Waals surface area (Å²) in [5, 5.41) is 4.97. The summed E-state index contributed by atoms with van der Waals surface area (Å²) < 4.78 is 18.1. The Morgan fingerprint density at radius 3 is 1.73 bits per heavy atom. The first-order valence-corrected chi connectivity index (χ1v) is 16.2. The second kappa shape index (κ2) is 14.0. The zero-order valence-electron chi connectivity index (χ0n) is 25.5. The average molecular weight is 576 g/mol. The maximum atomic E-state index is 13.2. The zero-order chi connectivity index (χ0) is 30.1. The summed E-state index contributed by atoms with van der Waals surface area (Å²) in [7, 11) is -2.74. The van der Waals surface area contributed by atoms with Crippen LogP contribution in [0.25, 0.3) is 0 Å². The van der Waals surface area contributed by atoms with E-state index in [4.69, 9.17) is 13.9 Å². The number of ether oxygens (including phenoxy) is 2. The van der Waals surface area contributed by atoms with E-state index < -0.39 is 32.0 Å². The summed E-state index contributed by atoms with van der Waals surface area (Å²) in [4.78, 5) is 25.9. The van der Waals surface area contributed by atoms with E-state index in [0.717, 1.165) is 5.56 Å². The van der Waals surface area contributed by atoms with Crippen LogP contribution in [0.5, 0.6) is 0 Å². The number of nitrogens with one attached hydrogen (secondary N) is 1. The molecule has 220 valence electrons. The SMILES string of the molecule is C[C@H](CO[Si](c1ccccc1)(c1ccccc1)C(C)(C)C)C[C@@H](NC(=O)OC(C)(C)C)C(=O)OCc1ccccc1. The molecule has 3 aromatic rings. The average Bonchev–Trinajstić information content (AvgIpc) is 2.91. The lowest BCUT2D eigenvalue weighted by Gasteiger charge is -2.43. The minimum atomic E-state index is -2.74. The zero-order valence-corrected chi connectivity index (χ0v) is 26.5. The highest BCUT2D eigenvalue weighted by molar-refractivity contribution is 6.99. The van der Waals surface area contributed by atoms with Gasteiger partial charge in [-0.15, -0.1) is 0 Å². The van der Waals surface area contributed by atoms with E-state index in [2.05, 4.69) is 74.6 Å². The monoisotopic (exact) mass is 575 g/mol. The number of amides is 1. The Bertz CT molecular complexity index is 1200. The van der Waals surface area contributed by atoms with Gasteiger partial charge in [-0.1, -0.05) is 119 Å². The molecular weight excluding hydrogens is 530 g/mol. The minimum Gasteiger partial charge on any atom is -0.459 e. The van der Waals surface area contributed by atoms with E-state index in [9.17, 15) is 9.59 Å². The predicted octanol–water partition coefficient (Wildman–Crippen LogP) is 6.23. The van der Waals surface area contributed by atoms with Gasteiger partial charge in [0.15, 0.2) is 0 Å². The Morgan fingerprint density at radius 2 is 1.27 bits per heavy atom. The largest absolute Gasteiger partial charge is 0.459 e. The molecule has 1 amide bonds. The molecule has 2 atom stereocenters. The lowest BCUT2D eigenvalue weighted by molar-refractivity contribution is -0.148. The normalized spacial score (nSPS) is 13.6. The van der Waals surface area contributed by atoms with Crippen molar-refractivity contribution in [1.82, 2.24) is 5.32 Å². The number of carbonyl (C=O) groups is 2. The molecule has 0 fully saturated rings. The van der Waals surface area contributed by atoms with Crippen molar-refractivity contribution in [1.29, 1.82) is 0 Å². The standard InChI is InChI=1S/C34H45NO5Si/c1-26(23-30(35-32(37)40-33(2,3)4)31(36)38-25-27-17-11-8-12-18-27)24-39-41(34(5,6)7,28-19-13-9-14-20-28)29-21-15-10-16-22-29/h8-22,26,30H,23-25H2,1-7H3,(H,35,37)/t26-,30+/m0/s1. The highest BCUT2D eigenvalue weighted by Gasteiger charge is 2.50. The molecule has 0 aliphatic heterocycles. The molecule has 6 nitrogen and oxygen atoms in total. The fourth-order valence-corrected chi connectivity index (χ4v) is 9.68. The smallest absolute Gasteiger partial charge is 0.408 e. The van der Waals surface area contributed by atoms with Crippen LogP contribution in [0.2, 0.25) is 5.04 Å². The van der Waals surface area contributed by atoms with Gasteiger partial charge in [0, 0.05) is 6.61 Å². The molecule has 0 unspecified atom stereocenters. The number of rotatable bonds is 11. The highest BCUT2D eigenvalue weighted by Crippen LogP contribution is 2.37. The van der Waals surface area contributed by atoms with Crippen LogP contribution in [0.15, 0.2) is 91.0 Å². The molecule has 0 saturated carbocycles. The van der Waals surface area contributed by atoms with E-state index in [1.165, 1.54) is 10.4 Å². The maximum absolute atomic E-state index is 13.2. The Labute approximate surface area is 246 Å². The molecule has 0 bridgehead atoms. The topological polar surface area (TPSA) is 73.9 Å². The van der Waals surface area contributed by atoms with Crippen molar-refractivity contribution in [3.8, 4) is 0 Å². The van der Waals surface area contributed by atoms with Crippen LogP contribution in [0.1, 0.15) is 60.5 Å². The van der Waals surface area contributed by atoms with Crippen molar-refractivity contribution in [2.75, 3.05) is 6.61 Å². The van der Waals surface area contributed by atoms with Gasteiger partial charge in [-0.05, 0) is 54.1 Å². The van der Waals surface area contributed by atoms with E-state index in [0.29, 0.717) is 13.0 Å². The molecule has 0 radical (unpaired) electrons. The van der Waals surface area contributed by atoms with E-state index in [1.807, 2.05) is 49.4 Å². The molecule has 0 aliphatic rings. The van der Waals surface area contributed by atoms with Crippen LogP contribution in [0.4, 0.5) is 4.79 Å². The summed E-state index contributed by atoms with van der Waals surface area (Å²) >= 11 is 0. The predicted molar refractivity (Wildman–Crippen MR) is 167 cm³/mol. The molecule has 3 aromatic carbocycles. The van der Waals surface area contributed by atoms with Gasteiger partial charge < -0.3 is 19.2 Å². The summed E-state index contributed by atoms with van der Waals surface area (Å²) in [5.74, 6) is -0.571. The Kier molecular flexibility index (Phi) is 10.9. The van der Waals surface area contributed by atoms with Crippen molar-refractivity contribution in [2.24, 2.45) is 5.92 Å². The molecule has 0 aliphatic carbocycles. The van der Waals surface area contributed by atoms with Crippen LogP contribution < -0.4 is 15.7 Å². The van der Waals surface area contributed by atoms with Crippen LogP contribution in [0.3, 0.4) is 0 Å². The fraction of sp³-hybridized carbons (Fsp3) is 0.412. The number of carbonyl (C=O) groups excluding carboxylic acids is 2. The van der Waals surface area contributed by atoms with Crippen molar-refractivity contribution < 1.29 is 23.5 Å². The molecule has 0 heterocycles. The van der Waals surface area contributed by atoms with Gasteiger partial charge in [-0.2, -0.15) is 0 Å². The van der Waals surface area contributed by atoms with Gasteiger partial charge in [-0.3, -0.25) is 0 Å². The summed E-state index contributed by atoms with van der Waals surface area (Å²) in [5.41, 5.74) is 0.181.